The van der Waals surface area contributed by atoms with Gasteiger partial charge in [-0.25, -0.2) is 9.97 Å². The zero-order valence-electron chi connectivity index (χ0n) is 19.5. The zero-order chi connectivity index (χ0) is 21.9. The third-order valence-electron chi connectivity index (χ3n) is 6.76. The third kappa shape index (κ3) is 4.71. The Bertz CT molecular complexity index is 1100. The summed E-state index contributed by atoms with van der Waals surface area (Å²) >= 11 is 0. The second kappa shape index (κ2) is 9.41. The summed E-state index contributed by atoms with van der Waals surface area (Å²) in [7, 11) is 0. The molecule has 0 spiro atoms. The van der Waals surface area contributed by atoms with E-state index in [1.807, 2.05) is 0 Å². The number of hydrogen-bond donors (Lipinski definition) is 1. The van der Waals surface area contributed by atoms with Gasteiger partial charge in [-0.15, -0.1) is 0 Å². The van der Waals surface area contributed by atoms with Crippen molar-refractivity contribution >= 4 is 5.82 Å². The summed E-state index contributed by atoms with van der Waals surface area (Å²) < 4.78 is 0. The number of rotatable bonds is 7. The Labute approximate surface area is 192 Å². The molecule has 1 fully saturated rings. The van der Waals surface area contributed by atoms with Crippen LogP contribution in [0.1, 0.15) is 59.5 Å². The molecule has 2 aromatic carbocycles. The topological polar surface area (TPSA) is 41.1 Å². The Morgan fingerprint density at radius 1 is 0.938 bits per heavy atom. The molecule has 1 N–H and O–H groups in total. The van der Waals surface area contributed by atoms with Crippen LogP contribution in [-0.4, -0.2) is 41.0 Å². The predicted octanol–water partition coefficient (Wildman–Crippen LogP) is 5.54. The Hall–Kier alpha value is -2.72. The molecule has 2 aliphatic rings. The van der Waals surface area contributed by atoms with Gasteiger partial charge < -0.3 is 10.2 Å². The minimum atomic E-state index is 0.771. The van der Waals surface area contributed by atoms with E-state index in [1.165, 1.54) is 78.0 Å². The SMILES string of the molecule is Cc1cccc(Cc2nc3c(c(NCCCN4CCCCC4)n2)-c2ccc(C)cc2C3)c1. The van der Waals surface area contributed by atoms with Crippen LogP contribution in [0.25, 0.3) is 11.1 Å². The predicted molar refractivity (Wildman–Crippen MR) is 132 cm³/mol. The highest BCUT2D eigenvalue weighted by atomic mass is 15.1. The lowest BCUT2D eigenvalue weighted by atomic mass is 10.0. The molecule has 0 amide bonds. The van der Waals surface area contributed by atoms with Crippen LogP contribution < -0.4 is 5.32 Å². The molecule has 0 bridgehead atoms. The zero-order valence-corrected chi connectivity index (χ0v) is 19.5. The molecular formula is C28H34N4. The van der Waals surface area contributed by atoms with Gasteiger partial charge in [0.1, 0.15) is 11.6 Å². The Balaban J connectivity index is 1.38. The van der Waals surface area contributed by atoms with Crippen molar-refractivity contribution in [3.63, 3.8) is 0 Å². The molecule has 0 unspecified atom stereocenters. The van der Waals surface area contributed by atoms with E-state index in [0.29, 0.717) is 0 Å². The normalized spacial score (nSPS) is 15.4. The average Bonchev–Trinajstić information content (AvgIpc) is 3.14. The van der Waals surface area contributed by atoms with Crippen molar-refractivity contribution in [2.75, 3.05) is 31.5 Å². The molecule has 1 aromatic heterocycles. The molecule has 4 heteroatoms. The van der Waals surface area contributed by atoms with Crippen LogP contribution in [0, 0.1) is 13.8 Å². The maximum atomic E-state index is 5.04. The molecule has 5 rings (SSSR count). The summed E-state index contributed by atoms with van der Waals surface area (Å²) in [6.07, 6.45) is 6.92. The number of fused-ring (bicyclic) bond motifs is 3. The first-order valence-electron chi connectivity index (χ1n) is 12.2. The summed E-state index contributed by atoms with van der Waals surface area (Å²) in [4.78, 5) is 12.7. The van der Waals surface area contributed by atoms with Crippen molar-refractivity contribution in [3.05, 3.63) is 76.2 Å². The quantitative estimate of drug-likeness (QED) is 0.394. The van der Waals surface area contributed by atoms with Gasteiger partial charge in [0.2, 0.25) is 0 Å². The van der Waals surface area contributed by atoms with Crippen molar-refractivity contribution in [2.45, 2.75) is 52.4 Å². The first-order valence-corrected chi connectivity index (χ1v) is 12.2. The van der Waals surface area contributed by atoms with Gasteiger partial charge in [0.25, 0.3) is 0 Å². The largest absolute Gasteiger partial charge is 0.369 e. The van der Waals surface area contributed by atoms with E-state index in [4.69, 9.17) is 9.97 Å². The highest BCUT2D eigenvalue weighted by molar-refractivity contribution is 5.84. The van der Waals surface area contributed by atoms with Crippen LogP contribution >= 0.6 is 0 Å². The molecule has 3 aromatic rings. The molecule has 32 heavy (non-hydrogen) atoms. The van der Waals surface area contributed by atoms with Gasteiger partial charge in [-0.3, -0.25) is 0 Å². The molecule has 0 saturated carbocycles. The molecule has 1 aliphatic heterocycles. The smallest absolute Gasteiger partial charge is 0.137 e. The van der Waals surface area contributed by atoms with Gasteiger partial charge in [-0.1, -0.05) is 60.0 Å². The van der Waals surface area contributed by atoms with E-state index >= 15 is 0 Å². The number of likely N-dealkylation sites (tertiary alicyclic amines) is 1. The van der Waals surface area contributed by atoms with Crippen molar-refractivity contribution < 1.29 is 0 Å². The summed E-state index contributed by atoms with van der Waals surface area (Å²) in [5.74, 6) is 1.93. The molecular weight excluding hydrogens is 392 g/mol. The van der Waals surface area contributed by atoms with Gasteiger partial charge in [-0.2, -0.15) is 0 Å². The summed E-state index contributed by atoms with van der Waals surface area (Å²) in [6, 6.07) is 15.4. The van der Waals surface area contributed by atoms with Gasteiger partial charge in [0.05, 0.1) is 5.69 Å². The second-order valence-electron chi connectivity index (χ2n) is 9.50. The van der Waals surface area contributed by atoms with Crippen LogP contribution in [0.15, 0.2) is 42.5 Å². The highest BCUT2D eigenvalue weighted by Gasteiger charge is 2.25. The summed E-state index contributed by atoms with van der Waals surface area (Å²) in [5.41, 5.74) is 8.91. The van der Waals surface area contributed by atoms with Crippen LogP contribution in [-0.2, 0) is 12.8 Å². The molecule has 4 nitrogen and oxygen atoms in total. The number of nitrogens with zero attached hydrogens (tertiary/aromatic N) is 3. The van der Waals surface area contributed by atoms with Gasteiger partial charge in [0.15, 0.2) is 0 Å². The minimum Gasteiger partial charge on any atom is -0.369 e. The lowest BCUT2D eigenvalue weighted by molar-refractivity contribution is 0.228. The molecule has 1 saturated heterocycles. The fourth-order valence-electron chi connectivity index (χ4n) is 5.17. The maximum absolute atomic E-state index is 5.04. The highest BCUT2D eigenvalue weighted by Crippen LogP contribution is 2.40. The third-order valence-corrected chi connectivity index (χ3v) is 6.76. The van der Waals surface area contributed by atoms with E-state index in [0.717, 1.165) is 37.4 Å². The van der Waals surface area contributed by atoms with Crippen molar-refractivity contribution in [3.8, 4) is 11.1 Å². The van der Waals surface area contributed by atoms with Crippen LogP contribution in [0.4, 0.5) is 5.82 Å². The Morgan fingerprint density at radius 3 is 2.62 bits per heavy atom. The minimum absolute atomic E-state index is 0.771. The fraction of sp³-hybridized carbons (Fsp3) is 0.429. The van der Waals surface area contributed by atoms with E-state index in [-0.39, 0.29) is 0 Å². The van der Waals surface area contributed by atoms with Gasteiger partial charge in [0, 0.05) is 24.9 Å². The average molecular weight is 427 g/mol. The number of hydrogen-bond acceptors (Lipinski definition) is 4. The number of nitrogens with one attached hydrogen (secondary N) is 1. The van der Waals surface area contributed by atoms with Crippen LogP contribution in [0.5, 0.6) is 0 Å². The lowest BCUT2D eigenvalue weighted by Crippen LogP contribution is -2.31. The lowest BCUT2D eigenvalue weighted by Gasteiger charge is -2.26. The van der Waals surface area contributed by atoms with E-state index in [2.05, 4.69) is 66.5 Å². The van der Waals surface area contributed by atoms with Gasteiger partial charge >= 0.3 is 0 Å². The first-order chi connectivity index (χ1) is 15.7. The van der Waals surface area contributed by atoms with Gasteiger partial charge in [-0.05, 0) is 69.4 Å². The van der Waals surface area contributed by atoms with E-state index < -0.39 is 0 Å². The summed E-state index contributed by atoms with van der Waals surface area (Å²) in [6.45, 7) is 8.95. The van der Waals surface area contributed by atoms with Crippen LogP contribution in [0.3, 0.4) is 0 Å². The van der Waals surface area contributed by atoms with Crippen LogP contribution in [0.2, 0.25) is 0 Å². The Morgan fingerprint density at radius 2 is 1.78 bits per heavy atom. The van der Waals surface area contributed by atoms with Crippen molar-refractivity contribution in [1.82, 2.24) is 14.9 Å². The Kier molecular flexibility index (Phi) is 6.22. The summed E-state index contributed by atoms with van der Waals surface area (Å²) in [5, 5.41) is 3.70. The number of aryl methyl sites for hydroxylation is 2. The molecule has 0 radical (unpaired) electrons. The fourth-order valence-corrected chi connectivity index (χ4v) is 5.17. The number of anilines is 1. The maximum Gasteiger partial charge on any atom is 0.137 e. The number of aromatic nitrogens is 2. The molecule has 2 heterocycles. The number of piperidine rings is 1. The standard InChI is InChI=1S/C28H34N4/c1-20-8-6-9-22(16-20)18-26-30-25-19-23-17-21(2)10-11-24(23)27(25)28(31-26)29-12-7-15-32-13-4-3-5-14-32/h6,8-11,16-17H,3-5,7,12-15,18-19H2,1-2H3,(H,29,30,31). The number of benzene rings is 2. The molecule has 1 aliphatic carbocycles. The monoisotopic (exact) mass is 426 g/mol. The van der Waals surface area contributed by atoms with E-state index in [9.17, 15) is 0 Å². The van der Waals surface area contributed by atoms with Crippen molar-refractivity contribution in [1.29, 1.82) is 0 Å². The van der Waals surface area contributed by atoms with Crippen molar-refractivity contribution in [2.24, 2.45) is 0 Å². The van der Waals surface area contributed by atoms with E-state index in [1.54, 1.807) is 0 Å². The molecule has 166 valence electrons. The first kappa shape index (κ1) is 21.1. The second-order valence-corrected chi connectivity index (χ2v) is 9.50. The molecule has 0 atom stereocenters.